The van der Waals surface area contributed by atoms with Crippen molar-refractivity contribution in [3.63, 3.8) is 0 Å². The lowest BCUT2D eigenvalue weighted by molar-refractivity contribution is 0.814. The molecule has 0 atom stereocenters. The molecule has 0 saturated heterocycles. The van der Waals surface area contributed by atoms with E-state index >= 15 is 0 Å². The van der Waals surface area contributed by atoms with Crippen molar-refractivity contribution in [2.45, 2.75) is 33.9 Å². The van der Waals surface area contributed by atoms with E-state index in [2.05, 4.69) is 70.5 Å². The number of pyridine rings is 1. The summed E-state index contributed by atoms with van der Waals surface area (Å²) in [5.41, 5.74) is 2.34. The second kappa shape index (κ2) is 12.5. The molecule has 2 N–H and O–H groups in total. The van der Waals surface area contributed by atoms with Crippen LogP contribution in [0.2, 0.25) is 0 Å². The quantitative estimate of drug-likeness (QED) is 0.352. The van der Waals surface area contributed by atoms with E-state index in [1.807, 2.05) is 24.4 Å². The second-order valence-electron chi connectivity index (χ2n) is 5.73. The molecule has 1 aromatic heterocycles. The van der Waals surface area contributed by atoms with Crippen LogP contribution in [0.5, 0.6) is 0 Å². The van der Waals surface area contributed by atoms with Gasteiger partial charge in [-0.1, -0.05) is 36.4 Å². The minimum Gasteiger partial charge on any atom is -0.357 e. The maximum atomic E-state index is 4.65. The Morgan fingerprint density at radius 2 is 1.69 bits per heavy atom. The van der Waals surface area contributed by atoms with Gasteiger partial charge in [0.2, 0.25) is 0 Å². The number of aromatic nitrogens is 1. The van der Waals surface area contributed by atoms with Crippen LogP contribution in [0, 0.1) is 0 Å². The predicted octanol–water partition coefficient (Wildman–Crippen LogP) is 3.80. The number of anilines is 1. The fraction of sp³-hybridized carbons (Fsp3) is 0.400. The van der Waals surface area contributed by atoms with Crippen LogP contribution in [-0.2, 0) is 13.1 Å². The molecule has 0 saturated carbocycles. The zero-order valence-electron chi connectivity index (χ0n) is 15.9. The van der Waals surface area contributed by atoms with E-state index in [9.17, 15) is 0 Å². The molecule has 0 aliphatic rings. The summed E-state index contributed by atoms with van der Waals surface area (Å²) in [6.45, 7) is 10.5. The molecule has 26 heavy (non-hydrogen) atoms. The molecule has 6 heteroatoms. The zero-order chi connectivity index (χ0) is 17.9. The van der Waals surface area contributed by atoms with E-state index in [-0.39, 0.29) is 24.0 Å². The molecular formula is C20H30IN5. The van der Waals surface area contributed by atoms with Gasteiger partial charge in [0, 0.05) is 32.4 Å². The van der Waals surface area contributed by atoms with Crippen LogP contribution in [-0.4, -0.2) is 30.6 Å². The van der Waals surface area contributed by atoms with Crippen molar-refractivity contribution < 1.29 is 0 Å². The van der Waals surface area contributed by atoms with Crippen LogP contribution in [0.25, 0.3) is 0 Å². The number of rotatable bonds is 8. The third kappa shape index (κ3) is 7.19. The van der Waals surface area contributed by atoms with Gasteiger partial charge in [-0.25, -0.2) is 9.98 Å². The van der Waals surface area contributed by atoms with Crippen molar-refractivity contribution in [2.24, 2.45) is 4.99 Å². The summed E-state index contributed by atoms with van der Waals surface area (Å²) in [5, 5.41) is 6.65. The highest BCUT2D eigenvalue weighted by atomic mass is 127. The van der Waals surface area contributed by atoms with Crippen molar-refractivity contribution in [3.8, 4) is 0 Å². The first-order valence-electron chi connectivity index (χ1n) is 9.02. The van der Waals surface area contributed by atoms with Crippen molar-refractivity contribution >= 4 is 35.8 Å². The Bertz CT molecular complexity index is 639. The van der Waals surface area contributed by atoms with Gasteiger partial charge in [-0.3, -0.25) is 0 Å². The van der Waals surface area contributed by atoms with Gasteiger partial charge in [0.15, 0.2) is 5.96 Å². The SMILES string of the molecule is CCNC(=NCc1ccc(N(CC)CC)nc1)NCc1ccccc1.I. The summed E-state index contributed by atoms with van der Waals surface area (Å²) in [5.74, 6) is 1.84. The number of nitrogens with one attached hydrogen (secondary N) is 2. The number of benzene rings is 1. The van der Waals surface area contributed by atoms with Gasteiger partial charge < -0.3 is 15.5 Å². The zero-order valence-corrected chi connectivity index (χ0v) is 18.2. The first kappa shape index (κ1) is 22.2. The smallest absolute Gasteiger partial charge is 0.191 e. The summed E-state index contributed by atoms with van der Waals surface area (Å²) in [6.07, 6.45) is 1.91. The van der Waals surface area contributed by atoms with Crippen LogP contribution in [0.1, 0.15) is 31.9 Å². The molecule has 1 heterocycles. The minimum atomic E-state index is 0. The first-order valence-corrected chi connectivity index (χ1v) is 9.02. The lowest BCUT2D eigenvalue weighted by Crippen LogP contribution is -2.36. The number of aliphatic imine (C=N–C) groups is 1. The van der Waals surface area contributed by atoms with Crippen molar-refractivity contribution in [3.05, 3.63) is 59.8 Å². The normalized spacial score (nSPS) is 10.8. The number of nitrogens with zero attached hydrogens (tertiary/aromatic N) is 3. The number of hydrogen-bond donors (Lipinski definition) is 2. The number of hydrogen-bond acceptors (Lipinski definition) is 3. The Morgan fingerprint density at radius 3 is 2.27 bits per heavy atom. The van der Waals surface area contributed by atoms with E-state index < -0.39 is 0 Å². The summed E-state index contributed by atoms with van der Waals surface area (Å²) in [6, 6.07) is 14.5. The maximum absolute atomic E-state index is 4.65. The molecule has 1 aromatic carbocycles. The second-order valence-corrected chi connectivity index (χ2v) is 5.73. The minimum absolute atomic E-state index is 0. The highest BCUT2D eigenvalue weighted by molar-refractivity contribution is 14.0. The highest BCUT2D eigenvalue weighted by Crippen LogP contribution is 2.11. The summed E-state index contributed by atoms with van der Waals surface area (Å²) < 4.78 is 0. The fourth-order valence-electron chi connectivity index (χ4n) is 2.54. The lowest BCUT2D eigenvalue weighted by atomic mass is 10.2. The van der Waals surface area contributed by atoms with E-state index in [1.54, 1.807) is 0 Å². The molecule has 0 aliphatic heterocycles. The van der Waals surface area contributed by atoms with Crippen LogP contribution >= 0.6 is 24.0 Å². The van der Waals surface area contributed by atoms with Gasteiger partial charge in [0.1, 0.15) is 5.82 Å². The van der Waals surface area contributed by atoms with Gasteiger partial charge >= 0.3 is 0 Å². The lowest BCUT2D eigenvalue weighted by Gasteiger charge is -2.19. The highest BCUT2D eigenvalue weighted by Gasteiger charge is 2.03. The van der Waals surface area contributed by atoms with Crippen LogP contribution in [0.3, 0.4) is 0 Å². The molecule has 0 spiro atoms. The van der Waals surface area contributed by atoms with Gasteiger partial charge in [0.05, 0.1) is 6.54 Å². The largest absolute Gasteiger partial charge is 0.357 e. The predicted molar refractivity (Wildman–Crippen MR) is 121 cm³/mol. The Hall–Kier alpha value is -1.83. The van der Waals surface area contributed by atoms with Gasteiger partial charge in [-0.2, -0.15) is 0 Å². The van der Waals surface area contributed by atoms with Crippen molar-refractivity contribution in [1.82, 2.24) is 15.6 Å². The number of halogens is 1. The fourth-order valence-corrected chi connectivity index (χ4v) is 2.54. The Balaban J connectivity index is 0.00000338. The van der Waals surface area contributed by atoms with E-state index in [4.69, 9.17) is 0 Å². The van der Waals surface area contributed by atoms with E-state index in [0.29, 0.717) is 6.54 Å². The summed E-state index contributed by atoms with van der Waals surface area (Å²) in [7, 11) is 0. The molecule has 0 aliphatic carbocycles. The molecule has 0 unspecified atom stereocenters. The van der Waals surface area contributed by atoms with Gasteiger partial charge in [-0.05, 0) is 38.0 Å². The molecule has 0 amide bonds. The summed E-state index contributed by atoms with van der Waals surface area (Å²) >= 11 is 0. The average molecular weight is 467 g/mol. The molecule has 2 rings (SSSR count). The number of guanidine groups is 1. The molecule has 2 aromatic rings. The Kier molecular flexibility index (Phi) is 10.7. The Morgan fingerprint density at radius 1 is 0.962 bits per heavy atom. The molecular weight excluding hydrogens is 437 g/mol. The standard InChI is InChI=1S/C20H29N5.HI/c1-4-21-20(23-14-17-10-8-7-9-11-17)24-16-18-12-13-19(22-15-18)25(5-2)6-3;/h7-13,15H,4-6,14,16H2,1-3H3,(H2,21,23,24);1H. The average Bonchev–Trinajstić information content (AvgIpc) is 2.67. The third-order valence-electron chi connectivity index (χ3n) is 3.96. The van der Waals surface area contributed by atoms with E-state index in [1.165, 1.54) is 5.56 Å². The van der Waals surface area contributed by atoms with Crippen LogP contribution in [0.15, 0.2) is 53.7 Å². The van der Waals surface area contributed by atoms with Gasteiger partial charge in [-0.15, -0.1) is 24.0 Å². The van der Waals surface area contributed by atoms with Crippen LogP contribution in [0.4, 0.5) is 5.82 Å². The monoisotopic (exact) mass is 467 g/mol. The van der Waals surface area contributed by atoms with E-state index in [0.717, 1.165) is 43.5 Å². The topological polar surface area (TPSA) is 52.6 Å². The molecule has 0 fully saturated rings. The maximum Gasteiger partial charge on any atom is 0.191 e. The molecule has 142 valence electrons. The molecule has 5 nitrogen and oxygen atoms in total. The first-order chi connectivity index (χ1) is 12.3. The van der Waals surface area contributed by atoms with Crippen molar-refractivity contribution in [2.75, 3.05) is 24.5 Å². The van der Waals surface area contributed by atoms with Crippen LogP contribution < -0.4 is 15.5 Å². The summed E-state index contributed by atoms with van der Waals surface area (Å²) in [4.78, 5) is 11.4. The molecule has 0 radical (unpaired) electrons. The molecule has 0 bridgehead atoms. The third-order valence-corrected chi connectivity index (χ3v) is 3.96. The Labute approximate surface area is 174 Å². The van der Waals surface area contributed by atoms with Crippen molar-refractivity contribution in [1.29, 1.82) is 0 Å². The van der Waals surface area contributed by atoms with Gasteiger partial charge in [0.25, 0.3) is 0 Å².